The maximum Gasteiger partial charge on any atom is 0.262 e. The average molecular weight is 498 g/mol. The van der Waals surface area contributed by atoms with Crippen molar-refractivity contribution in [2.75, 3.05) is 19.0 Å². The molecule has 1 saturated heterocycles. The molecule has 0 unspecified atom stereocenters. The predicted molar refractivity (Wildman–Crippen MR) is 126 cm³/mol. The Labute approximate surface area is 205 Å². The van der Waals surface area contributed by atoms with Gasteiger partial charge >= 0.3 is 0 Å². The Bertz CT molecular complexity index is 1250. The van der Waals surface area contributed by atoms with E-state index in [-0.39, 0.29) is 52.7 Å². The molecule has 5 rings (SSSR count). The van der Waals surface area contributed by atoms with Crippen LogP contribution in [0.5, 0.6) is 11.5 Å². The number of benzene rings is 2. The van der Waals surface area contributed by atoms with Crippen molar-refractivity contribution < 1.29 is 28.2 Å². The fourth-order valence-corrected chi connectivity index (χ4v) is 5.23. The quantitative estimate of drug-likeness (QED) is 0.358. The summed E-state index contributed by atoms with van der Waals surface area (Å²) in [6.45, 7) is -0.421. The maximum atomic E-state index is 13.4. The first-order valence-electron chi connectivity index (χ1n) is 11.0. The van der Waals surface area contributed by atoms with Gasteiger partial charge in [-0.15, -0.1) is 0 Å². The zero-order valence-corrected chi connectivity index (χ0v) is 19.4. The fraction of sp³-hybridized carbons (Fsp3) is 0.280. The van der Waals surface area contributed by atoms with Crippen molar-refractivity contribution in [3.05, 3.63) is 65.0 Å². The summed E-state index contributed by atoms with van der Waals surface area (Å²) in [6.07, 6.45) is 6.13. The smallest absolute Gasteiger partial charge is 0.262 e. The minimum atomic E-state index is -0.531. The van der Waals surface area contributed by atoms with E-state index >= 15 is 0 Å². The van der Waals surface area contributed by atoms with Crippen LogP contribution < -0.4 is 14.8 Å². The van der Waals surface area contributed by atoms with E-state index in [1.54, 1.807) is 6.07 Å². The summed E-state index contributed by atoms with van der Waals surface area (Å²) in [7, 11) is 1.41. The number of amides is 3. The van der Waals surface area contributed by atoms with Gasteiger partial charge < -0.3 is 14.8 Å². The Balaban J connectivity index is 1.34. The standard InChI is InChI=1S/C25H21ClFN3O5/c1-34-19-9-16(26)8-15(23(19)35-12-20(31)29-18-4-2-3-17(27)10-18)11-28-30-24(32)21-13-5-6-14(7-13)22(21)25(30)33/h2-6,8-11,13-14,21-22H,7,12H2,1H3,(H,29,31)/t13-,14-,21-,22+/m0/s1. The first-order chi connectivity index (χ1) is 16.9. The molecule has 2 aromatic rings. The van der Waals surface area contributed by atoms with Gasteiger partial charge in [0, 0.05) is 22.3 Å². The molecule has 2 bridgehead atoms. The number of allylic oxidation sites excluding steroid dienone is 2. The van der Waals surface area contributed by atoms with E-state index in [1.807, 2.05) is 12.2 Å². The maximum absolute atomic E-state index is 13.4. The topological polar surface area (TPSA) is 97.3 Å². The highest BCUT2D eigenvalue weighted by Crippen LogP contribution is 2.52. The van der Waals surface area contributed by atoms with Crippen molar-refractivity contribution >= 4 is 41.2 Å². The largest absolute Gasteiger partial charge is 0.493 e. The lowest BCUT2D eigenvalue weighted by atomic mass is 9.85. The molecule has 0 aromatic heterocycles. The summed E-state index contributed by atoms with van der Waals surface area (Å²) in [6, 6.07) is 8.48. The second kappa shape index (κ2) is 9.14. The molecule has 0 spiro atoms. The Hall–Kier alpha value is -3.72. The number of halogens is 2. The molecule has 4 atom stereocenters. The average Bonchev–Trinajstić information content (AvgIpc) is 3.50. The Kier molecular flexibility index (Phi) is 6.02. The highest BCUT2D eigenvalue weighted by Gasteiger charge is 2.59. The van der Waals surface area contributed by atoms with Crippen LogP contribution in [0.4, 0.5) is 10.1 Å². The molecule has 1 heterocycles. The Morgan fingerprint density at radius 1 is 1.20 bits per heavy atom. The number of hydrazone groups is 1. The second-order valence-electron chi connectivity index (χ2n) is 8.61. The Morgan fingerprint density at radius 2 is 1.91 bits per heavy atom. The molecule has 2 aliphatic carbocycles. The third kappa shape index (κ3) is 4.27. The second-order valence-corrected chi connectivity index (χ2v) is 9.04. The zero-order valence-electron chi connectivity index (χ0n) is 18.6. The van der Waals surface area contributed by atoms with Gasteiger partial charge in [-0.1, -0.05) is 29.8 Å². The molecule has 10 heteroatoms. The molecule has 3 aliphatic rings. The van der Waals surface area contributed by atoms with E-state index in [4.69, 9.17) is 21.1 Å². The van der Waals surface area contributed by atoms with Gasteiger partial charge in [-0.2, -0.15) is 10.1 Å². The van der Waals surface area contributed by atoms with Gasteiger partial charge in [-0.3, -0.25) is 14.4 Å². The number of hydrogen-bond donors (Lipinski definition) is 1. The van der Waals surface area contributed by atoms with Gasteiger partial charge in [0.05, 0.1) is 25.2 Å². The number of carbonyl (C=O) groups excluding carboxylic acids is 3. The Morgan fingerprint density at radius 3 is 2.57 bits per heavy atom. The summed E-state index contributed by atoms with van der Waals surface area (Å²) in [5.74, 6) is -1.87. The summed E-state index contributed by atoms with van der Waals surface area (Å²) in [5.41, 5.74) is 0.593. The molecule has 8 nitrogen and oxygen atoms in total. The van der Waals surface area contributed by atoms with Gasteiger partial charge in [-0.05, 0) is 42.5 Å². The van der Waals surface area contributed by atoms with Gasteiger partial charge in [0.25, 0.3) is 17.7 Å². The van der Waals surface area contributed by atoms with E-state index in [1.165, 1.54) is 43.7 Å². The van der Waals surface area contributed by atoms with Crippen LogP contribution in [-0.2, 0) is 14.4 Å². The minimum absolute atomic E-state index is 0.0726. The van der Waals surface area contributed by atoms with E-state index in [0.29, 0.717) is 10.6 Å². The highest BCUT2D eigenvalue weighted by atomic mass is 35.5. The minimum Gasteiger partial charge on any atom is -0.493 e. The number of ether oxygens (including phenoxy) is 2. The van der Waals surface area contributed by atoms with Crippen molar-refractivity contribution in [1.29, 1.82) is 0 Å². The van der Waals surface area contributed by atoms with E-state index in [2.05, 4.69) is 10.4 Å². The van der Waals surface area contributed by atoms with Gasteiger partial charge in [0.2, 0.25) is 0 Å². The summed E-state index contributed by atoms with van der Waals surface area (Å²) < 4.78 is 24.4. The highest BCUT2D eigenvalue weighted by molar-refractivity contribution is 6.31. The first kappa shape index (κ1) is 23.0. The number of fused-ring (bicyclic) bond motifs is 5. The molecular weight excluding hydrogens is 477 g/mol. The lowest BCUT2D eigenvalue weighted by molar-refractivity contribution is -0.140. The lowest BCUT2D eigenvalue weighted by Crippen LogP contribution is -2.28. The number of rotatable bonds is 7. The third-order valence-electron chi connectivity index (χ3n) is 6.48. The van der Waals surface area contributed by atoms with Crippen molar-refractivity contribution in [2.45, 2.75) is 6.42 Å². The molecule has 1 saturated carbocycles. The summed E-state index contributed by atoms with van der Waals surface area (Å²) >= 11 is 6.19. The van der Waals surface area contributed by atoms with Crippen LogP contribution >= 0.6 is 11.6 Å². The molecule has 1 aliphatic heterocycles. The normalized spacial score (nSPS) is 24.4. The molecule has 3 amide bonds. The van der Waals surface area contributed by atoms with Crippen molar-refractivity contribution in [3.63, 3.8) is 0 Å². The van der Waals surface area contributed by atoms with Crippen LogP contribution in [0, 0.1) is 29.5 Å². The van der Waals surface area contributed by atoms with Gasteiger partial charge in [0.15, 0.2) is 18.1 Å². The molecule has 0 radical (unpaired) electrons. The fourth-order valence-electron chi connectivity index (χ4n) is 5.01. The van der Waals surface area contributed by atoms with E-state index in [9.17, 15) is 18.8 Å². The predicted octanol–water partition coefficient (Wildman–Crippen LogP) is 3.65. The molecule has 180 valence electrons. The number of hydrogen-bond acceptors (Lipinski definition) is 6. The summed E-state index contributed by atoms with van der Waals surface area (Å²) in [5, 5.41) is 7.92. The monoisotopic (exact) mass is 497 g/mol. The number of anilines is 1. The molecule has 2 fully saturated rings. The number of nitrogens with one attached hydrogen (secondary N) is 1. The SMILES string of the molecule is COc1cc(Cl)cc(C=NN2C(=O)[C@@H]3[C@H](C2=O)[C@H]2C=C[C@H]3C2)c1OCC(=O)Nc1cccc(F)c1. The van der Waals surface area contributed by atoms with Crippen LogP contribution in [0.1, 0.15) is 12.0 Å². The molecule has 1 N–H and O–H groups in total. The van der Waals surface area contributed by atoms with Gasteiger partial charge in [-0.25, -0.2) is 4.39 Å². The van der Waals surface area contributed by atoms with E-state index in [0.717, 1.165) is 11.4 Å². The summed E-state index contributed by atoms with van der Waals surface area (Å²) in [4.78, 5) is 38.1. The molecular formula is C25H21ClFN3O5. The van der Waals surface area contributed by atoms with Crippen LogP contribution in [0.3, 0.4) is 0 Å². The number of carbonyl (C=O) groups is 3. The molecule has 35 heavy (non-hydrogen) atoms. The van der Waals surface area contributed by atoms with Crippen molar-refractivity contribution in [2.24, 2.45) is 28.8 Å². The number of imide groups is 1. The van der Waals surface area contributed by atoms with Crippen LogP contribution in [0.2, 0.25) is 5.02 Å². The van der Waals surface area contributed by atoms with Crippen LogP contribution in [0.15, 0.2) is 53.7 Å². The van der Waals surface area contributed by atoms with Crippen molar-refractivity contribution in [3.8, 4) is 11.5 Å². The zero-order chi connectivity index (χ0) is 24.7. The first-order valence-corrected chi connectivity index (χ1v) is 11.4. The van der Waals surface area contributed by atoms with Gasteiger partial charge in [0.1, 0.15) is 5.82 Å². The van der Waals surface area contributed by atoms with Crippen LogP contribution in [0.25, 0.3) is 0 Å². The van der Waals surface area contributed by atoms with Crippen molar-refractivity contribution in [1.82, 2.24) is 5.01 Å². The van der Waals surface area contributed by atoms with Crippen LogP contribution in [-0.4, -0.2) is 42.7 Å². The molecule has 2 aromatic carbocycles. The number of methoxy groups -OCH3 is 1. The van der Waals surface area contributed by atoms with E-state index < -0.39 is 18.3 Å². The third-order valence-corrected chi connectivity index (χ3v) is 6.70. The number of nitrogens with zero attached hydrogens (tertiary/aromatic N) is 2. The lowest BCUT2D eigenvalue weighted by Gasteiger charge is -2.15.